The molecule has 0 bridgehead atoms. The summed E-state index contributed by atoms with van der Waals surface area (Å²) < 4.78 is 0. The standard InChI is InChI=1S/C5H9NO3.C3H3NS/c7-3-1-4(5(8)9)6-2-3;1-2-5-3-4-1/h3-4,6-7H,1-2H2,(H,8,9);1-3H/t3-,4+;/m1./s1. The predicted octanol–water partition coefficient (Wildman–Crippen LogP) is -0.0631. The molecule has 1 saturated heterocycles. The van der Waals surface area contributed by atoms with Crippen molar-refractivity contribution in [2.75, 3.05) is 6.54 Å². The number of aliphatic hydroxyl groups is 1. The molecule has 0 amide bonds. The van der Waals surface area contributed by atoms with E-state index in [-0.39, 0.29) is 0 Å². The van der Waals surface area contributed by atoms with Crippen molar-refractivity contribution in [2.45, 2.75) is 18.6 Å². The molecule has 2 atom stereocenters. The monoisotopic (exact) mass is 216 g/mol. The molecule has 1 aromatic heterocycles. The highest BCUT2D eigenvalue weighted by atomic mass is 32.1. The molecule has 1 aromatic rings. The number of aromatic nitrogens is 1. The number of hydrogen-bond acceptors (Lipinski definition) is 5. The van der Waals surface area contributed by atoms with Gasteiger partial charge in [0.15, 0.2) is 0 Å². The molecule has 3 N–H and O–H groups in total. The largest absolute Gasteiger partial charge is 0.480 e. The maximum absolute atomic E-state index is 10.2. The van der Waals surface area contributed by atoms with Crippen molar-refractivity contribution in [3.63, 3.8) is 0 Å². The number of carbonyl (C=O) groups is 1. The number of carboxylic acid groups (broad SMARTS) is 1. The number of nitrogens with one attached hydrogen (secondary N) is 1. The van der Waals surface area contributed by atoms with Gasteiger partial charge in [0, 0.05) is 24.5 Å². The summed E-state index contributed by atoms with van der Waals surface area (Å²) in [5, 5.41) is 21.8. The molecule has 1 fully saturated rings. The van der Waals surface area contributed by atoms with Crippen LogP contribution in [-0.2, 0) is 4.79 Å². The molecular weight excluding hydrogens is 204 g/mol. The SMILES string of the molecule is O=C(O)[C@@H]1C[C@@H](O)CN1.c1cscn1. The van der Waals surface area contributed by atoms with E-state index >= 15 is 0 Å². The Labute approximate surface area is 85.4 Å². The molecule has 5 nitrogen and oxygen atoms in total. The third kappa shape index (κ3) is 3.82. The highest BCUT2D eigenvalue weighted by Gasteiger charge is 2.27. The van der Waals surface area contributed by atoms with Crippen LogP contribution in [0.15, 0.2) is 17.1 Å². The Bertz CT molecular complexity index is 248. The third-order valence-corrected chi connectivity index (χ3v) is 2.28. The molecule has 0 saturated carbocycles. The summed E-state index contributed by atoms with van der Waals surface area (Å²) in [5.74, 6) is -0.883. The van der Waals surface area contributed by atoms with Crippen molar-refractivity contribution in [2.24, 2.45) is 0 Å². The first-order valence-corrected chi connectivity index (χ1v) is 5.11. The summed E-state index contributed by atoms with van der Waals surface area (Å²) in [6, 6.07) is -0.542. The van der Waals surface area contributed by atoms with Crippen molar-refractivity contribution in [1.82, 2.24) is 10.3 Å². The molecule has 0 aliphatic carbocycles. The molecular formula is C8H12N2O3S. The van der Waals surface area contributed by atoms with Crippen LogP contribution in [0.4, 0.5) is 0 Å². The third-order valence-electron chi connectivity index (χ3n) is 1.75. The van der Waals surface area contributed by atoms with Crippen LogP contribution >= 0.6 is 11.3 Å². The minimum absolute atomic E-state index is 0.329. The summed E-state index contributed by atoms with van der Waals surface area (Å²) in [6.07, 6.45) is 1.62. The van der Waals surface area contributed by atoms with E-state index in [1.54, 1.807) is 23.0 Å². The van der Waals surface area contributed by atoms with Gasteiger partial charge in [0.05, 0.1) is 11.6 Å². The average molecular weight is 216 g/mol. The first-order valence-electron chi connectivity index (χ1n) is 4.16. The van der Waals surface area contributed by atoms with E-state index < -0.39 is 18.1 Å². The zero-order chi connectivity index (χ0) is 10.4. The van der Waals surface area contributed by atoms with Crippen LogP contribution in [0.5, 0.6) is 0 Å². The number of nitrogens with zero attached hydrogens (tertiary/aromatic N) is 1. The van der Waals surface area contributed by atoms with Gasteiger partial charge in [0.25, 0.3) is 0 Å². The number of aliphatic hydroxyl groups excluding tert-OH is 1. The van der Waals surface area contributed by atoms with Gasteiger partial charge in [-0.25, -0.2) is 0 Å². The van der Waals surface area contributed by atoms with Gasteiger partial charge in [-0.1, -0.05) is 0 Å². The van der Waals surface area contributed by atoms with E-state index in [0.717, 1.165) is 0 Å². The van der Waals surface area contributed by atoms with E-state index in [9.17, 15) is 4.79 Å². The Kier molecular flexibility index (Phi) is 4.51. The molecule has 0 unspecified atom stereocenters. The van der Waals surface area contributed by atoms with E-state index in [2.05, 4.69) is 10.3 Å². The number of rotatable bonds is 1. The maximum Gasteiger partial charge on any atom is 0.320 e. The number of carboxylic acids is 1. The summed E-state index contributed by atoms with van der Waals surface area (Å²) in [6.45, 7) is 0.400. The Balaban J connectivity index is 0.000000165. The van der Waals surface area contributed by atoms with Gasteiger partial charge in [-0.15, -0.1) is 11.3 Å². The van der Waals surface area contributed by atoms with Crippen LogP contribution in [0.25, 0.3) is 0 Å². The molecule has 0 spiro atoms. The number of β-amino-alcohol motifs (C(OH)–C–C–N with tert-alkyl or cyclic N) is 1. The van der Waals surface area contributed by atoms with Gasteiger partial charge < -0.3 is 15.5 Å². The van der Waals surface area contributed by atoms with Crippen molar-refractivity contribution >= 4 is 17.3 Å². The molecule has 6 heteroatoms. The molecule has 2 heterocycles. The molecule has 0 aromatic carbocycles. The minimum atomic E-state index is -0.883. The minimum Gasteiger partial charge on any atom is -0.480 e. The zero-order valence-corrected chi connectivity index (χ0v) is 8.28. The lowest BCUT2D eigenvalue weighted by atomic mass is 10.2. The lowest BCUT2D eigenvalue weighted by Crippen LogP contribution is -2.29. The lowest BCUT2D eigenvalue weighted by Gasteiger charge is -1.99. The van der Waals surface area contributed by atoms with E-state index in [0.29, 0.717) is 13.0 Å². The van der Waals surface area contributed by atoms with Crippen LogP contribution in [0.2, 0.25) is 0 Å². The fraction of sp³-hybridized carbons (Fsp3) is 0.500. The summed E-state index contributed by atoms with van der Waals surface area (Å²) in [7, 11) is 0. The number of thiazole rings is 1. The first-order chi connectivity index (χ1) is 6.70. The summed E-state index contributed by atoms with van der Waals surface area (Å²) >= 11 is 1.60. The maximum atomic E-state index is 10.2. The topological polar surface area (TPSA) is 82.5 Å². The Morgan fingerprint density at radius 2 is 2.43 bits per heavy atom. The molecule has 78 valence electrons. The molecule has 14 heavy (non-hydrogen) atoms. The fourth-order valence-electron chi connectivity index (χ4n) is 1.08. The first kappa shape index (κ1) is 11.1. The van der Waals surface area contributed by atoms with Crippen molar-refractivity contribution in [3.05, 3.63) is 17.1 Å². The Morgan fingerprint density at radius 3 is 2.64 bits per heavy atom. The molecule has 1 aliphatic heterocycles. The molecule has 1 aliphatic rings. The lowest BCUT2D eigenvalue weighted by molar-refractivity contribution is -0.139. The van der Waals surface area contributed by atoms with E-state index in [4.69, 9.17) is 10.2 Å². The number of aliphatic carboxylic acids is 1. The zero-order valence-electron chi connectivity index (χ0n) is 7.46. The summed E-state index contributed by atoms with van der Waals surface area (Å²) in [4.78, 5) is 13.9. The predicted molar refractivity (Wildman–Crippen MR) is 52.2 cm³/mol. The normalized spacial score (nSPS) is 25.2. The van der Waals surface area contributed by atoms with Crippen molar-refractivity contribution in [3.8, 4) is 0 Å². The average Bonchev–Trinajstić information content (AvgIpc) is 2.74. The van der Waals surface area contributed by atoms with Gasteiger partial charge in [-0.05, 0) is 0 Å². The van der Waals surface area contributed by atoms with Crippen molar-refractivity contribution < 1.29 is 15.0 Å². The van der Waals surface area contributed by atoms with Crippen molar-refractivity contribution in [1.29, 1.82) is 0 Å². The second kappa shape index (κ2) is 5.69. The summed E-state index contributed by atoms with van der Waals surface area (Å²) in [5.41, 5.74) is 1.79. The van der Waals surface area contributed by atoms with E-state index in [1.165, 1.54) is 0 Å². The van der Waals surface area contributed by atoms with Crippen LogP contribution in [0.1, 0.15) is 6.42 Å². The quantitative estimate of drug-likeness (QED) is 0.612. The number of hydrogen-bond donors (Lipinski definition) is 3. The smallest absolute Gasteiger partial charge is 0.320 e. The van der Waals surface area contributed by atoms with Crippen LogP contribution in [0.3, 0.4) is 0 Å². The van der Waals surface area contributed by atoms with Gasteiger partial charge in [-0.3, -0.25) is 9.78 Å². The Hall–Kier alpha value is -0.980. The Morgan fingerprint density at radius 1 is 1.64 bits per heavy atom. The second-order valence-corrected chi connectivity index (χ2v) is 3.62. The van der Waals surface area contributed by atoms with Gasteiger partial charge in [0.1, 0.15) is 6.04 Å². The van der Waals surface area contributed by atoms with Gasteiger partial charge in [-0.2, -0.15) is 0 Å². The van der Waals surface area contributed by atoms with Crippen LogP contribution < -0.4 is 5.32 Å². The second-order valence-electron chi connectivity index (χ2n) is 2.86. The fourth-order valence-corrected chi connectivity index (χ4v) is 1.43. The van der Waals surface area contributed by atoms with Crippen LogP contribution in [0, 0.1) is 0 Å². The molecule has 0 radical (unpaired) electrons. The highest BCUT2D eigenvalue weighted by molar-refractivity contribution is 7.07. The highest BCUT2D eigenvalue weighted by Crippen LogP contribution is 2.05. The molecule has 2 rings (SSSR count). The van der Waals surface area contributed by atoms with Crippen LogP contribution in [-0.4, -0.2) is 39.9 Å². The van der Waals surface area contributed by atoms with E-state index in [1.807, 2.05) is 5.38 Å². The van der Waals surface area contributed by atoms with Gasteiger partial charge in [0.2, 0.25) is 0 Å². The van der Waals surface area contributed by atoms with Gasteiger partial charge >= 0.3 is 5.97 Å².